The first-order chi connectivity index (χ1) is 10.7. The fourth-order valence-corrected chi connectivity index (χ4v) is 3.37. The predicted molar refractivity (Wildman–Crippen MR) is 88.7 cm³/mol. The summed E-state index contributed by atoms with van der Waals surface area (Å²) < 4.78 is 5.72. The lowest BCUT2D eigenvalue weighted by Crippen LogP contribution is -2.37. The van der Waals surface area contributed by atoms with Crippen LogP contribution in [0.1, 0.15) is 38.2 Å². The highest BCUT2D eigenvalue weighted by atomic mass is 16.5. The number of rotatable bonds is 5. The van der Waals surface area contributed by atoms with Crippen LogP contribution in [0.3, 0.4) is 0 Å². The van der Waals surface area contributed by atoms with Gasteiger partial charge in [-0.25, -0.2) is 0 Å². The average Bonchev–Trinajstić information content (AvgIpc) is 2.88. The fraction of sp³-hybridized carbons (Fsp3) is 0.421. The molecule has 0 aliphatic carbocycles. The first-order valence-electron chi connectivity index (χ1n) is 8.09. The van der Waals surface area contributed by atoms with Crippen LogP contribution in [0.2, 0.25) is 0 Å². The lowest BCUT2D eigenvalue weighted by molar-refractivity contribution is -0.136. The molecule has 2 atom stereocenters. The zero-order chi connectivity index (χ0) is 15.5. The highest BCUT2D eigenvalue weighted by Crippen LogP contribution is 2.29. The van der Waals surface area contributed by atoms with Crippen molar-refractivity contribution in [3.63, 3.8) is 0 Å². The summed E-state index contributed by atoms with van der Waals surface area (Å²) in [6.07, 6.45) is 1.37. The smallest absolute Gasteiger partial charge is 0.224 e. The Bertz CT molecular complexity index is 662. The van der Waals surface area contributed by atoms with Gasteiger partial charge in [0.2, 0.25) is 5.91 Å². The van der Waals surface area contributed by atoms with Crippen LogP contribution in [0.15, 0.2) is 42.5 Å². The van der Waals surface area contributed by atoms with Crippen LogP contribution >= 0.6 is 0 Å². The summed E-state index contributed by atoms with van der Waals surface area (Å²) in [7, 11) is 0. The number of nitrogens with zero attached hydrogens (tertiary/aromatic N) is 1. The molecule has 0 radical (unpaired) electrons. The molecule has 0 N–H and O–H groups in total. The van der Waals surface area contributed by atoms with Crippen molar-refractivity contribution in [3.05, 3.63) is 48.0 Å². The summed E-state index contributed by atoms with van der Waals surface area (Å²) in [5.74, 6) is 0.502. The van der Waals surface area contributed by atoms with Gasteiger partial charge in [-0.1, -0.05) is 49.4 Å². The first-order valence-corrected chi connectivity index (χ1v) is 8.09. The van der Waals surface area contributed by atoms with Gasteiger partial charge in [0.15, 0.2) is 0 Å². The Morgan fingerprint density at radius 1 is 1.23 bits per heavy atom. The van der Waals surface area contributed by atoms with Gasteiger partial charge in [-0.3, -0.25) is 4.79 Å². The number of benzene rings is 2. The summed E-state index contributed by atoms with van der Waals surface area (Å²) in [4.78, 5) is 14.0. The third kappa shape index (κ3) is 2.86. The van der Waals surface area contributed by atoms with E-state index in [9.17, 15) is 4.79 Å². The molecule has 1 heterocycles. The van der Waals surface area contributed by atoms with Crippen LogP contribution in [0.5, 0.6) is 0 Å². The number of ether oxygens (including phenoxy) is 1. The van der Waals surface area contributed by atoms with Gasteiger partial charge in [-0.15, -0.1) is 0 Å². The number of amides is 1. The third-order valence-electron chi connectivity index (χ3n) is 4.46. The van der Waals surface area contributed by atoms with E-state index < -0.39 is 0 Å². The fourth-order valence-electron chi connectivity index (χ4n) is 3.37. The standard InChI is InChI=1S/C19H23NO2/c1-3-22-19-12-11-18(21)20(19)13-14(2)16-10-6-8-15-7-4-5-9-17(15)16/h4-10,14,19H,3,11-13H2,1-2H3. The Labute approximate surface area is 131 Å². The summed E-state index contributed by atoms with van der Waals surface area (Å²) in [5.41, 5.74) is 1.30. The second-order valence-corrected chi connectivity index (χ2v) is 5.96. The van der Waals surface area contributed by atoms with Crippen LogP contribution in [0.25, 0.3) is 10.8 Å². The maximum Gasteiger partial charge on any atom is 0.224 e. The van der Waals surface area contributed by atoms with Gasteiger partial charge in [-0.05, 0) is 29.2 Å². The molecule has 3 nitrogen and oxygen atoms in total. The van der Waals surface area contributed by atoms with Gasteiger partial charge in [0.05, 0.1) is 0 Å². The largest absolute Gasteiger partial charge is 0.359 e. The maximum atomic E-state index is 12.1. The molecule has 1 saturated heterocycles. The van der Waals surface area contributed by atoms with E-state index in [1.165, 1.54) is 16.3 Å². The van der Waals surface area contributed by atoms with Gasteiger partial charge in [0.1, 0.15) is 6.23 Å². The van der Waals surface area contributed by atoms with Gasteiger partial charge in [0, 0.05) is 26.0 Å². The van der Waals surface area contributed by atoms with Crippen molar-refractivity contribution >= 4 is 16.7 Å². The Hall–Kier alpha value is -1.87. The minimum atomic E-state index is -0.0464. The average molecular weight is 297 g/mol. The molecule has 0 bridgehead atoms. The normalized spacial score (nSPS) is 19.8. The molecular weight excluding hydrogens is 274 g/mol. The Morgan fingerprint density at radius 2 is 2.00 bits per heavy atom. The maximum absolute atomic E-state index is 12.1. The van der Waals surface area contributed by atoms with E-state index in [1.807, 2.05) is 11.8 Å². The molecule has 1 amide bonds. The van der Waals surface area contributed by atoms with Crippen molar-refractivity contribution in [1.29, 1.82) is 0 Å². The van der Waals surface area contributed by atoms with E-state index in [2.05, 4.69) is 49.4 Å². The Balaban J connectivity index is 1.84. The van der Waals surface area contributed by atoms with Crippen molar-refractivity contribution < 1.29 is 9.53 Å². The Morgan fingerprint density at radius 3 is 2.82 bits per heavy atom. The van der Waals surface area contributed by atoms with Crippen LogP contribution in [-0.2, 0) is 9.53 Å². The van der Waals surface area contributed by atoms with E-state index in [0.29, 0.717) is 13.0 Å². The first kappa shape index (κ1) is 15.0. The lowest BCUT2D eigenvalue weighted by atomic mass is 9.94. The highest BCUT2D eigenvalue weighted by molar-refractivity contribution is 5.86. The molecule has 3 heteroatoms. The second kappa shape index (κ2) is 6.49. The SMILES string of the molecule is CCOC1CCC(=O)N1CC(C)c1cccc2ccccc12. The molecule has 3 rings (SSSR count). The number of carbonyl (C=O) groups is 1. The molecular formula is C19H23NO2. The van der Waals surface area contributed by atoms with Gasteiger partial charge >= 0.3 is 0 Å². The molecule has 2 aromatic carbocycles. The molecule has 0 spiro atoms. The van der Waals surface area contributed by atoms with Crippen molar-refractivity contribution in [3.8, 4) is 0 Å². The minimum Gasteiger partial charge on any atom is -0.359 e. The second-order valence-electron chi connectivity index (χ2n) is 5.96. The van der Waals surface area contributed by atoms with E-state index >= 15 is 0 Å². The molecule has 1 fully saturated rings. The van der Waals surface area contributed by atoms with Crippen molar-refractivity contribution in [2.75, 3.05) is 13.2 Å². The number of hydrogen-bond acceptors (Lipinski definition) is 2. The van der Waals surface area contributed by atoms with Crippen molar-refractivity contribution in [2.45, 2.75) is 38.8 Å². The van der Waals surface area contributed by atoms with Crippen molar-refractivity contribution in [1.82, 2.24) is 4.90 Å². The van der Waals surface area contributed by atoms with Crippen LogP contribution in [-0.4, -0.2) is 30.2 Å². The number of carbonyl (C=O) groups excluding carboxylic acids is 1. The summed E-state index contributed by atoms with van der Waals surface area (Å²) in [6, 6.07) is 14.8. The van der Waals surface area contributed by atoms with Gasteiger partial charge in [-0.2, -0.15) is 0 Å². The van der Waals surface area contributed by atoms with E-state index in [0.717, 1.165) is 13.0 Å². The zero-order valence-electron chi connectivity index (χ0n) is 13.3. The van der Waals surface area contributed by atoms with Crippen LogP contribution < -0.4 is 0 Å². The van der Waals surface area contributed by atoms with Crippen LogP contribution in [0, 0.1) is 0 Å². The van der Waals surface area contributed by atoms with Crippen molar-refractivity contribution in [2.24, 2.45) is 0 Å². The molecule has 2 aromatic rings. The minimum absolute atomic E-state index is 0.0464. The summed E-state index contributed by atoms with van der Waals surface area (Å²) >= 11 is 0. The summed E-state index contributed by atoms with van der Waals surface area (Å²) in [5, 5.41) is 2.53. The van der Waals surface area contributed by atoms with E-state index in [-0.39, 0.29) is 18.1 Å². The molecule has 1 aliphatic rings. The quantitative estimate of drug-likeness (QED) is 0.837. The predicted octanol–water partition coefficient (Wildman–Crippen LogP) is 3.93. The highest BCUT2D eigenvalue weighted by Gasteiger charge is 2.32. The number of hydrogen-bond donors (Lipinski definition) is 0. The molecule has 1 aliphatic heterocycles. The Kier molecular flexibility index (Phi) is 4.44. The van der Waals surface area contributed by atoms with Gasteiger partial charge in [0.25, 0.3) is 0 Å². The third-order valence-corrected chi connectivity index (χ3v) is 4.46. The molecule has 22 heavy (non-hydrogen) atoms. The lowest BCUT2D eigenvalue weighted by Gasteiger charge is -2.28. The topological polar surface area (TPSA) is 29.5 Å². The molecule has 0 aromatic heterocycles. The number of fused-ring (bicyclic) bond motifs is 1. The van der Waals surface area contributed by atoms with E-state index in [1.54, 1.807) is 0 Å². The van der Waals surface area contributed by atoms with Gasteiger partial charge < -0.3 is 9.64 Å². The summed E-state index contributed by atoms with van der Waals surface area (Å²) in [6.45, 7) is 5.54. The molecule has 0 saturated carbocycles. The monoisotopic (exact) mass is 297 g/mol. The molecule has 2 unspecified atom stereocenters. The number of likely N-dealkylation sites (tertiary alicyclic amines) is 1. The van der Waals surface area contributed by atoms with E-state index in [4.69, 9.17) is 4.74 Å². The van der Waals surface area contributed by atoms with Crippen LogP contribution in [0.4, 0.5) is 0 Å². The molecule has 116 valence electrons. The zero-order valence-corrected chi connectivity index (χ0v) is 13.3.